The number of rotatable bonds is 7. The summed E-state index contributed by atoms with van der Waals surface area (Å²) in [5, 5.41) is 32.0. The molecule has 1 heterocycles. The Hall–Kier alpha value is -4.71. The number of aliphatic carboxylic acids is 1. The van der Waals surface area contributed by atoms with Crippen molar-refractivity contribution in [3.63, 3.8) is 0 Å². The zero-order valence-corrected chi connectivity index (χ0v) is 17.2. The van der Waals surface area contributed by atoms with Crippen LogP contribution in [0.25, 0.3) is 6.08 Å². The summed E-state index contributed by atoms with van der Waals surface area (Å²) >= 11 is 0. The molecule has 0 aliphatic carbocycles. The summed E-state index contributed by atoms with van der Waals surface area (Å²) in [6.07, 6.45) is 2.53. The van der Waals surface area contributed by atoms with E-state index in [1.54, 1.807) is 36.4 Å². The largest absolute Gasteiger partial charge is 0.478 e. The Kier molecular flexibility index (Phi) is 6.46. The first-order valence-electron chi connectivity index (χ1n) is 9.39. The highest BCUT2D eigenvalue weighted by Gasteiger charge is 2.18. The highest BCUT2D eigenvalue weighted by molar-refractivity contribution is 5.85. The summed E-state index contributed by atoms with van der Waals surface area (Å²) in [6, 6.07) is 14.6. The van der Waals surface area contributed by atoms with Gasteiger partial charge in [-0.2, -0.15) is 10.2 Å². The number of anilines is 2. The van der Waals surface area contributed by atoms with E-state index in [-0.39, 0.29) is 17.4 Å². The van der Waals surface area contributed by atoms with E-state index in [2.05, 4.69) is 10.3 Å². The van der Waals surface area contributed by atoms with Gasteiger partial charge in [0.25, 0.3) is 0 Å². The average Bonchev–Trinajstić information content (AvgIpc) is 2.75. The lowest BCUT2D eigenvalue weighted by atomic mass is 10.1. The summed E-state index contributed by atoms with van der Waals surface area (Å²) in [4.78, 5) is 25.9. The zero-order chi connectivity index (χ0) is 23.3. The first-order valence-corrected chi connectivity index (χ1v) is 9.39. The van der Waals surface area contributed by atoms with E-state index in [9.17, 15) is 14.9 Å². The minimum atomic E-state index is -1.04. The third-order valence-corrected chi connectivity index (χ3v) is 4.43. The Morgan fingerprint density at radius 2 is 1.84 bits per heavy atom. The lowest BCUT2D eigenvalue weighted by molar-refractivity contribution is -0.384. The molecular weight excluding hydrogens is 412 g/mol. The third kappa shape index (κ3) is 5.25. The number of hydrogen-bond acceptors (Lipinski definition) is 7. The van der Waals surface area contributed by atoms with E-state index in [1.807, 2.05) is 19.9 Å². The molecule has 0 fully saturated rings. The maximum absolute atomic E-state index is 11.4. The number of hydrogen-bond donors (Lipinski definition) is 2. The van der Waals surface area contributed by atoms with E-state index in [4.69, 9.17) is 15.1 Å². The molecule has 0 atom stereocenters. The van der Waals surface area contributed by atoms with E-state index >= 15 is 0 Å². The number of carboxylic acid groups (broad SMARTS) is 1. The Bertz CT molecular complexity index is 1240. The minimum absolute atomic E-state index is 0.00599. The van der Waals surface area contributed by atoms with Crippen LogP contribution in [0.1, 0.15) is 22.3 Å². The molecule has 0 aliphatic rings. The fourth-order valence-corrected chi connectivity index (χ4v) is 3.01. The molecule has 0 radical (unpaired) electrons. The molecule has 0 spiro atoms. The molecule has 32 heavy (non-hydrogen) atoms. The van der Waals surface area contributed by atoms with Crippen molar-refractivity contribution < 1.29 is 19.6 Å². The molecule has 1 aromatic heterocycles. The molecule has 2 aromatic carbocycles. The van der Waals surface area contributed by atoms with Crippen molar-refractivity contribution in [3.8, 4) is 17.7 Å². The number of pyridine rings is 1. The number of nitrogens with zero attached hydrogens (tertiary/aromatic N) is 3. The van der Waals surface area contributed by atoms with Crippen molar-refractivity contribution in [2.75, 3.05) is 5.32 Å². The second kappa shape index (κ2) is 9.40. The van der Waals surface area contributed by atoms with Gasteiger partial charge in [0.15, 0.2) is 0 Å². The van der Waals surface area contributed by atoms with Crippen LogP contribution in [0, 0.1) is 35.3 Å². The third-order valence-electron chi connectivity index (χ3n) is 4.43. The van der Waals surface area contributed by atoms with Gasteiger partial charge in [-0.15, -0.1) is 0 Å². The molecule has 0 aliphatic heterocycles. The molecule has 3 rings (SSSR count). The van der Waals surface area contributed by atoms with Crippen LogP contribution in [0.2, 0.25) is 0 Å². The van der Waals surface area contributed by atoms with Crippen molar-refractivity contribution >= 4 is 29.2 Å². The summed E-state index contributed by atoms with van der Waals surface area (Å²) in [6.45, 7) is 3.61. The van der Waals surface area contributed by atoms with Gasteiger partial charge in [-0.1, -0.05) is 0 Å². The van der Waals surface area contributed by atoms with Crippen LogP contribution < -0.4 is 10.1 Å². The van der Waals surface area contributed by atoms with Gasteiger partial charge in [-0.3, -0.25) is 10.1 Å². The Morgan fingerprint density at radius 1 is 1.19 bits per heavy atom. The fraction of sp³-hybridized carbons (Fsp3) is 0.0870. The maximum atomic E-state index is 11.4. The number of nitriles is 1. The van der Waals surface area contributed by atoms with Crippen LogP contribution in [-0.2, 0) is 4.79 Å². The molecule has 0 amide bonds. The molecule has 160 valence electrons. The summed E-state index contributed by atoms with van der Waals surface area (Å²) in [5.74, 6) is -0.388. The second-order valence-corrected chi connectivity index (χ2v) is 6.85. The van der Waals surface area contributed by atoms with E-state index in [1.165, 1.54) is 18.2 Å². The molecule has 0 saturated heterocycles. The van der Waals surface area contributed by atoms with Crippen LogP contribution >= 0.6 is 0 Å². The molecule has 0 saturated carbocycles. The Morgan fingerprint density at radius 3 is 2.41 bits per heavy atom. The van der Waals surface area contributed by atoms with Crippen molar-refractivity contribution in [3.05, 3.63) is 87.0 Å². The van der Waals surface area contributed by atoms with E-state index in [0.29, 0.717) is 22.6 Å². The highest BCUT2D eigenvalue weighted by Crippen LogP contribution is 2.33. The van der Waals surface area contributed by atoms with Crippen molar-refractivity contribution in [2.24, 2.45) is 0 Å². The smallest absolute Gasteiger partial charge is 0.328 e. The number of carboxylic acids is 1. The number of nitro groups is 1. The summed E-state index contributed by atoms with van der Waals surface area (Å²) in [5.41, 5.74) is 2.95. The molecule has 9 heteroatoms. The normalized spacial score (nSPS) is 10.5. The molecular formula is C23H18N4O5. The topological polar surface area (TPSA) is 138 Å². The second-order valence-electron chi connectivity index (χ2n) is 6.85. The Balaban J connectivity index is 1.92. The first-order chi connectivity index (χ1) is 15.3. The summed E-state index contributed by atoms with van der Waals surface area (Å²) in [7, 11) is 0. The molecule has 9 nitrogen and oxygen atoms in total. The van der Waals surface area contributed by atoms with Gasteiger partial charge in [-0.05, 0) is 73.0 Å². The van der Waals surface area contributed by atoms with Gasteiger partial charge >= 0.3 is 11.7 Å². The fourth-order valence-electron chi connectivity index (χ4n) is 3.01. The SMILES string of the molecule is Cc1cc(C=CC(=O)O)cc(C)c1Oc1ccc([N+](=O)[O-])c(Nc2ccc(C#N)cc2)n1. The van der Waals surface area contributed by atoms with Gasteiger partial charge in [0.05, 0.1) is 16.6 Å². The highest BCUT2D eigenvalue weighted by atomic mass is 16.6. The lowest BCUT2D eigenvalue weighted by Crippen LogP contribution is -2.02. The van der Waals surface area contributed by atoms with Gasteiger partial charge in [0, 0.05) is 23.9 Å². The number of nitrogens with one attached hydrogen (secondary N) is 1. The van der Waals surface area contributed by atoms with Crippen molar-refractivity contribution in [1.29, 1.82) is 5.26 Å². The van der Waals surface area contributed by atoms with Crippen LogP contribution in [0.3, 0.4) is 0 Å². The van der Waals surface area contributed by atoms with Crippen LogP contribution in [0.5, 0.6) is 11.6 Å². The predicted octanol–water partition coefficient (Wildman–Crippen LogP) is 5.11. The number of benzene rings is 2. The van der Waals surface area contributed by atoms with Crippen LogP contribution in [-0.4, -0.2) is 21.0 Å². The van der Waals surface area contributed by atoms with Gasteiger partial charge < -0.3 is 15.2 Å². The van der Waals surface area contributed by atoms with E-state index in [0.717, 1.165) is 17.2 Å². The van der Waals surface area contributed by atoms with Crippen molar-refractivity contribution in [2.45, 2.75) is 13.8 Å². The van der Waals surface area contributed by atoms with Gasteiger partial charge in [0.1, 0.15) is 5.75 Å². The van der Waals surface area contributed by atoms with Gasteiger partial charge in [0.2, 0.25) is 11.7 Å². The molecule has 0 unspecified atom stereocenters. The first kappa shape index (κ1) is 22.0. The quantitative estimate of drug-likeness (QED) is 0.299. The number of carbonyl (C=O) groups is 1. The predicted molar refractivity (Wildman–Crippen MR) is 118 cm³/mol. The maximum Gasteiger partial charge on any atom is 0.328 e. The number of ether oxygens (including phenoxy) is 1. The number of aromatic nitrogens is 1. The number of aryl methyl sites for hydroxylation is 2. The average molecular weight is 430 g/mol. The monoisotopic (exact) mass is 430 g/mol. The van der Waals surface area contributed by atoms with Crippen molar-refractivity contribution in [1.82, 2.24) is 4.98 Å². The van der Waals surface area contributed by atoms with Crippen LogP contribution in [0.15, 0.2) is 54.6 Å². The van der Waals surface area contributed by atoms with Crippen LogP contribution in [0.4, 0.5) is 17.2 Å². The minimum Gasteiger partial charge on any atom is -0.478 e. The zero-order valence-electron chi connectivity index (χ0n) is 17.2. The Labute approximate surface area is 183 Å². The summed E-state index contributed by atoms with van der Waals surface area (Å²) < 4.78 is 5.91. The lowest BCUT2D eigenvalue weighted by Gasteiger charge is -2.13. The standard InChI is InChI=1S/C23H18N4O5/c1-14-11-17(5-10-21(28)29)12-15(2)22(14)32-20-9-8-19(27(30)31)23(26-20)25-18-6-3-16(13-24)4-7-18/h3-12H,1-2H3,(H,25,26)(H,28,29). The molecule has 2 N–H and O–H groups in total. The molecule has 0 bridgehead atoms. The van der Waals surface area contributed by atoms with Gasteiger partial charge in [-0.25, -0.2) is 4.79 Å². The van der Waals surface area contributed by atoms with E-state index < -0.39 is 10.9 Å². The molecule has 3 aromatic rings.